The normalized spacial score (nSPS) is 17.0. The second kappa shape index (κ2) is 7.80. The number of halogens is 2. The minimum Gasteiger partial charge on any atom is -0.338 e. The van der Waals surface area contributed by atoms with E-state index in [1.807, 2.05) is 24.1 Å². The summed E-state index contributed by atoms with van der Waals surface area (Å²) >= 11 is 6.97. The van der Waals surface area contributed by atoms with Gasteiger partial charge in [-0.05, 0) is 34.5 Å². The van der Waals surface area contributed by atoms with Crippen molar-refractivity contribution in [3.05, 3.63) is 51.2 Å². The molecule has 0 bridgehead atoms. The number of benzene rings is 1. The standard InChI is InChI=1S/C17H20Br2N4O/c1-13(23-12-15(18)10-20-23)17(24)22-8-6-21(7-9-22)11-14-4-2-3-5-16(14)19/h2-5,10,12-13H,6-9,11H2,1H3. The van der Waals surface area contributed by atoms with Crippen molar-refractivity contribution >= 4 is 37.8 Å². The van der Waals surface area contributed by atoms with Crippen LogP contribution in [0.2, 0.25) is 0 Å². The van der Waals surface area contributed by atoms with E-state index in [-0.39, 0.29) is 11.9 Å². The third kappa shape index (κ3) is 4.07. The number of hydrogen-bond donors (Lipinski definition) is 0. The lowest BCUT2D eigenvalue weighted by Gasteiger charge is -2.36. The molecule has 7 heteroatoms. The first-order valence-electron chi connectivity index (χ1n) is 7.99. The summed E-state index contributed by atoms with van der Waals surface area (Å²) in [7, 11) is 0. The van der Waals surface area contributed by atoms with Crippen LogP contribution in [0.1, 0.15) is 18.5 Å². The molecule has 5 nitrogen and oxygen atoms in total. The van der Waals surface area contributed by atoms with E-state index in [0.29, 0.717) is 0 Å². The number of amides is 1. The van der Waals surface area contributed by atoms with Gasteiger partial charge in [-0.2, -0.15) is 5.10 Å². The molecule has 2 heterocycles. The SMILES string of the molecule is CC(C(=O)N1CCN(Cc2ccccc2Br)CC1)n1cc(Br)cn1. The summed E-state index contributed by atoms with van der Waals surface area (Å²) in [6, 6.07) is 8.02. The topological polar surface area (TPSA) is 41.4 Å². The van der Waals surface area contributed by atoms with Crippen LogP contribution in [0.4, 0.5) is 0 Å². The number of piperazine rings is 1. The van der Waals surface area contributed by atoms with Gasteiger partial charge in [0.25, 0.3) is 0 Å². The van der Waals surface area contributed by atoms with Crippen molar-refractivity contribution in [3.8, 4) is 0 Å². The van der Waals surface area contributed by atoms with Gasteiger partial charge in [0.2, 0.25) is 5.91 Å². The fourth-order valence-electron chi connectivity index (χ4n) is 2.90. The van der Waals surface area contributed by atoms with Crippen LogP contribution in [0.5, 0.6) is 0 Å². The Morgan fingerprint density at radius 1 is 1.21 bits per heavy atom. The number of rotatable bonds is 4. The number of carbonyl (C=O) groups is 1. The van der Waals surface area contributed by atoms with Crippen molar-refractivity contribution in [1.82, 2.24) is 19.6 Å². The molecule has 1 aliphatic rings. The first kappa shape index (κ1) is 17.6. The lowest BCUT2D eigenvalue weighted by molar-refractivity contribution is -0.136. The van der Waals surface area contributed by atoms with Gasteiger partial charge in [-0.15, -0.1) is 0 Å². The fourth-order valence-corrected chi connectivity index (χ4v) is 3.61. The molecular weight excluding hydrogens is 436 g/mol. The Morgan fingerprint density at radius 2 is 1.92 bits per heavy atom. The van der Waals surface area contributed by atoms with E-state index in [0.717, 1.165) is 41.7 Å². The predicted molar refractivity (Wildman–Crippen MR) is 101 cm³/mol. The Kier molecular flexibility index (Phi) is 5.73. The Labute approximate surface area is 158 Å². The minimum atomic E-state index is -0.272. The maximum Gasteiger partial charge on any atom is 0.247 e. The third-order valence-electron chi connectivity index (χ3n) is 4.36. The number of carbonyl (C=O) groups excluding carboxylic acids is 1. The molecule has 0 N–H and O–H groups in total. The molecular formula is C17H20Br2N4O. The highest BCUT2D eigenvalue weighted by Crippen LogP contribution is 2.19. The molecule has 1 fully saturated rings. The van der Waals surface area contributed by atoms with E-state index in [1.165, 1.54) is 5.56 Å². The van der Waals surface area contributed by atoms with E-state index in [4.69, 9.17) is 0 Å². The van der Waals surface area contributed by atoms with Crippen LogP contribution in [0.3, 0.4) is 0 Å². The van der Waals surface area contributed by atoms with Gasteiger partial charge in [0, 0.05) is 43.4 Å². The zero-order chi connectivity index (χ0) is 17.1. The Hall–Kier alpha value is -1.18. The van der Waals surface area contributed by atoms with Crippen molar-refractivity contribution in [3.63, 3.8) is 0 Å². The largest absolute Gasteiger partial charge is 0.338 e. The maximum absolute atomic E-state index is 12.7. The Morgan fingerprint density at radius 3 is 2.54 bits per heavy atom. The highest BCUT2D eigenvalue weighted by atomic mass is 79.9. The summed E-state index contributed by atoms with van der Waals surface area (Å²) in [6.07, 6.45) is 3.55. The molecule has 128 valence electrons. The van der Waals surface area contributed by atoms with E-state index in [1.54, 1.807) is 10.9 Å². The molecule has 0 saturated carbocycles. The fraction of sp³-hybridized carbons (Fsp3) is 0.412. The zero-order valence-electron chi connectivity index (χ0n) is 13.5. The van der Waals surface area contributed by atoms with Crippen LogP contribution in [-0.2, 0) is 11.3 Å². The Balaban J connectivity index is 1.55. The third-order valence-corrected chi connectivity index (χ3v) is 5.54. The van der Waals surface area contributed by atoms with Crippen LogP contribution in [-0.4, -0.2) is 51.7 Å². The first-order chi connectivity index (χ1) is 11.5. The van der Waals surface area contributed by atoms with E-state index in [9.17, 15) is 4.79 Å². The molecule has 0 aliphatic carbocycles. The van der Waals surface area contributed by atoms with Crippen LogP contribution in [0.15, 0.2) is 45.6 Å². The van der Waals surface area contributed by atoms with Gasteiger partial charge in [0.1, 0.15) is 6.04 Å². The van der Waals surface area contributed by atoms with Crippen LogP contribution < -0.4 is 0 Å². The Bertz CT molecular complexity index is 710. The summed E-state index contributed by atoms with van der Waals surface area (Å²) in [5.41, 5.74) is 1.28. The van der Waals surface area contributed by atoms with Gasteiger partial charge in [-0.25, -0.2) is 0 Å². The van der Waals surface area contributed by atoms with Gasteiger partial charge in [0.15, 0.2) is 0 Å². The summed E-state index contributed by atoms with van der Waals surface area (Å²) < 4.78 is 3.74. The van der Waals surface area contributed by atoms with E-state index >= 15 is 0 Å². The molecule has 1 atom stereocenters. The van der Waals surface area contributed by atoms with Gasteiger partial charge in [0.05, 0.1) is 10.7 Å². The second-order valence-corrected chi connectivity index (χ2v) is 7.78. The average Bonchev–Trinajstić information content (AvgIpc) is 3.03. The molecule has 3 rings (SSSR count). The summed E-state index contributed by atoms with van der Waals surface area (Å²) in [6.45, 7) is 6.11. The molecule has 0 radical (unpaired) electrons. The molecule has 0 spiro atoms. The number of nitrogens with zero attached hydrogens (tertiary/aromatic N) is 4. The molecule has 1 aliphatic heterocycles. The minimum absolute atomic E-state index is 0.131. The number of aromatic nitrogens is 2. The smallest absolute Gasteiger partial charge is 0.247 e. The molecule has 1 amide bonds. The van der Waals surface area contributed by atoms with Crippen molar-refractivity contribution in [2.45, 2.75) is 19.5 Å². The predicted octanol–water partition coefficient (Wildman–Crippen LogP) is 3.31. The molecule has 1 unspecified atom stereocenters. The highest BCUT2D eigenvalue weighted by Gasteiger charge is 2.26. The highest BCUT2D eigenvalue weighted by molar-refractivity contribution is 9.10. The van der Waals surface area contributed by atoms with Crippen LogP contribution in [0.25, 0.3) is 0 Å². The molecule has 1 saturated heterocycles. The van der Waals surface area contributed by atoms with Crippen LogP contribution >= 0.6 is 31.9 Å². The number of hydrogen-bond acceptors (Lipinski definition) is 3. The van der Waals surface area contributed by atoms with Gasteiger partial charge >= 0.3 is 0 Å². The van der Waals surface area contributed by atoms with Crippen molar-refractivity contribution in [2.75, 3.05) is 26.2 Å². The van der Waals surface area contributed by atoms with Crippen LogP contribution in [0, 0.1) is 0 Å². The van der Waals surface area contributed by atoms with Gasteiger partial charge in [-0.3, -0.25) is 14.4 Å². The monoisotopic (exact) mass is 454 g/mol. The van der Waals surface area contributed by atoms with E-state index in [2.05, 4.69) is 60.1 Å². The molecule has 1 aromatic carbocycles. The van der Waals surface area contributed by atoms with E-state index < -0.39 is 0 Å². The van der Waals surface area contributed by atoms with Gasteiger partial charge in [-0.1, -0.05) is 34.1 Å². The van der Waals surface area contributed by atoms with Crippen molar-refractivity contribution < 1.29 is 4.79 Å². The molecule has 2 aromatic rings. The van der Waals surface area contributed by atoms with Crippen molar-refractivity contribution in [2.24, 2.45) is 0 Å². The lowest BCUT2D eigenvalue weighted by atomic mass is 10.2. The summed E-state index contributed by atoms with van der Waals surface area (Å²) in [4.78, 5) is 17.0. The zero-order valence-corrected chi connectivity index (χ0v) is 16.7. The summed E-state index contributed by atoms with van der Waals surface area (Å²) in [5, 5.41) is 4.22. The lowest BCUT2D eigenvalue weighted by Crippen LogP contribution is -2.50. The maximum atomic E-state index is 12.7. The second-order valence-electron chi connectivity index (χ2n) is 6.01. The molecule has 1 aromatic heterocycles. The quantitative estimate of drug-likeness (QED) is 0.710. The molecule has 24 heavy (non-hydrogen) atoms. The first-order valence-corrected chi connectivity index (χ1v) is 9.57. The summed E-state index contributed by atoms with van der Waals surface area (Å²) in [5.74, 6) is 0.131. The van der Waals surface area contributed by atoms with Crippen molar-refractivity contribution in [1.29, 1.82) is 0 Å². The van der Waals surface area contributed by atoms with Gasteiger partial charge < -0.3 is 4.90 Å². The average molecular weight is 456 g/mol.